The second-order valence-corrected chi connectivity index (χ2v) is 12.1. The molecule has 2 aromatic rings. The molecule has 0 fully saturated rings. The van der Waals surface area contributed by atoms with Crippen LogP contribution in [0.5, 0.6) is 11.5 Å². The highest BCUT2D eigenvalue weighted by atomic mass is 32.2. The number of aliphatic hydroxyl groups is 1. The molecule has 0 aromatic heterocycles. The third kappa shape index (κ3) is 11.0. The second kappa shape index (κ2) is 17.7. The minimum absolute atomic E-state index is 0.00306. The summed E-state index contributed by atoms with van der Waals surface area (Å²) in [6.07, 6.45) is -0.0825. The maximum atomic E-state index is 13.5. The quantitative estimate of drug-likeness (QED) is 0.167. The van der Waals surface area contributed by atoms with Gasteiger partial charge in [0.05, 0.1) is 17.9 Å². The molecular formula is C30H47F3N4O4S. The summed E-state index contributed by atoms with van der Waals surface area (Å²) in [5, 5.41) is 12.7. The molecule has 12 heteroatoms. The van der Waals surface area contributed by atoms with Gasteiger partial charge in [0.25, 0.3) is 0 Å². The molecule has 0 atom stereocenters. The van der Waals surface area contributed by atoms with E-state index >= 15 is 0 Å². The fourth-order valence-corrected chi connectivity index (χ4v) is 5.48. The Balaban J connectivity index is 2.59. The normalized spacial score (nSPS) is 12.2. The van der Waals surface area contributed by atoms with Crippen molar-refractivity contribution in [2.24, 2.45) is 0 Å². The largest absolute Gasteiger partial charge is 0.454 e. The van der Waals surface area contributed by atoms with E-state index in [0.717, 1.165) is 57.3 Å². The number of nitrogens with one attached hydrogen (secondary N) is 2. The third-order valence-electron chi connectivity index (χ3n) is 6.83. The molecular weight excluding hydrogens is 569 g/mol. The fourth-order valence-electron chi connectivity index (χ4n) is 4.56. The van der Waals surface area contributed by atoms with Gasteiger partial charge in [-0.2, -0.15) is 13.2 Å². The molecule has 0 aliphatic heterocycles. The minimum Gasteiger partial charge on any atom is -0.454 e. The van der Waals surface area contributed by atoms with Crippen molar-refractivity contribution in [2.45, 2.75) is 70.5 Å². The third-order valence-corrected chi connectivity index (χ3v) is 8.25. The smallest absolute Gasteiger partial charge is 0.416 e. The monoisotopic (exact) mass is 616 g/mol. The van der Waals surface area contributed by atoms with Crippen LogP contribution in [0, 0.1) is 0 Å². The van der Waals surface area contributed by atoms with Crippen LogP contribution in [-0.4, -0.2) is 71.3 Å². The number of hydrogen-bond acceptors (Lipinski definition) is 7. The Morgan fingerprint density at radius 3 is 2.19 bits per heavy atom. The Morgan fingerprint density at radius 2 is 1.62 bits per heavy atom. The van der Waals surface area contributed by atoms with Crippen LogP contribution in [-0.2, 0) is 22.7 Å². The molecule has 0 saturated heterocycles. The van der Waals surface area contributed by atoms with Gasteiger partial charge in [0.15, 0.2) is 5.75 Å². The summed E-state index contributed by atoms with van der Waals surface area (Å²) in [5.74, 6) is -0.105. The summed E-state index contributed by atoms with van der Waals surface area (Å²) in [6, 6.07) is 7.85. The maximum Gasteiger partial charge on any atom is 0.416 e. The van der Waals surface area contributed by atoms with Crippen LogP contribution in [0.15, 0.2) is 41.3 Å². The Labute approximate surface area is 249 Å². The number of aliphatic hydroxyl groups excluding tert-OH is 1. The van der Waals surface area contributed by atoms with E-state index in [-0.39, 0.29) is 23.0 Å². The minimum atomic E-state index is -4.57. The predicted octanol–water partition coefficient (Wildman–Crippen LogP) is 5.61. The molecule has 8 nitrogen and oxygen atoms in total. The van der Waals surface area contributed by atoms with Gasteiger partial charge in [-0.3, -0.25) is 4.90 Å². The number of alkyl halides is 3. The van der Waals surface area contributed by atoms with E-state index in [9.17, 15) is 26.7 Å². The zero-order valence-corrected chi connectivity index (χ0v) is 26.1. The average Bonchev–Trinajstić information content (AvgIpc) is 2.95. The van der Waals surface area contributed by atoms with Gasteiger partial charge >= 0.3 is 6.18 Å². The zero-order chi connectivity index (χ0) is 31.2. The highest BCUT2D eigenvalue weighted by Crippen LogP contribution is 2.41. The van der Waals surface area contributed by atoms with Crippen molar-refractivity contribution in [3.05, 3.63) is 47.5 Å². The standard InChI is InChI=1S/C30H47F3N4O4S/c1-5-8-15-37(16-9-6-2)27-20-24(23-35-13-17-36(14-7-3)18-19-38)21-28(42(39,40)34-4)29(27)41-26-12-10-11-25(22-26)30(31,32)33/h10-12,20-22,34-35,38H,5-9,13-19,23H2,1-4H3. The highest BCUT2D eigenvalue weighted by molar-refractivity contribution is 7.89. The lowest BCUT2D eigenvalue weighted by Gasteiger charge is -2.29. The van der Waals surface area contributed by atoms with Crippen molar-refractivity contribution in [1.82, 2.24) is 14.9 Å². The Kier molecular flexibility index (Phi) is 15.1. The number of benzene rings is 2. The van der Waals surface area contributed by atoms with Crippen LogP contribution in [0.3, 0.4) is 0 Å². The molecule has 238 valence electrons. The van der Waals surface area contributed by atoms with Gasteiger partial charge in [0, 0.05) is 39.3 Å². The highest BCUT2D eigenvalue weighted by Gasteiger charge is 2.31. The number of anilines is 1. The Bertz CT molecular complexity index is 1180. The van der Waals surface area contributed by atoms with Crippen molar-refractivity contribution < 1.29 is 31.4 Å². The van der Waals surface area contributed by atoms with Gasteiger partial charge in [-0.25, -0.2) is 13.1 Å². The molecule has 0 saturated carbocycles. The summed E-state index contributed by atoms with van der Waals surface area (Å²) in [5.41, 5.74) is 0.347. The molecule has 3 N–H and O–H groups in total. The predicted molar refractivity (Wildman–Crippen MR) is 162 cm³/mol. The first-order valence-corrected chi connectivity index (χ1v) is 16.2. The summed E-state index contributed by atoms with van der Waals surface area (Å²) < 4.78 is 75.4. The number of halogens is 3. The number of sulfonamides is 1. The molecule has 0 amide bonds. The van der Waals surface area contributed by atoms with Gasteiger partial charge in [-0.1, -0.05) is 39.7 Å². The van der Waals surface area contributed by atoms with E-state index in [1.807, 2.05) is 6.07 Å². The van der Waals surface area contributed by atoms with E-state index in [4.69, 9.17) is 4.74 Å². The van der Waals surface area contributed by atoms with Crippen LogP contribution in [0.2, 0.25) is 0 Å². The lowest BCUT2D eigenvalue weighted by Crippen LogP contribution is -2.34. The van der Waals surface area contributed by atoms with Crippen molar-refractivity contribution in [3.63, 3.8) is 0 Å². The van der Waals surface area contributed by atoms with Gasteiger partial charge in [0.1, 0.15) is 10.6 Å². The molecule has 2 aromatic carbocycles. The number of ether oxygens (including phenoxy) is 1. The Morgan fingerprint density at radius 1 is 0.929 bits per heavy atom. The van der Waals surface area contributed by atoms with Crippen molar-refractivity contribution in [2.75, 3.05) is 57.8 Å². The topological polar surface area (TPSA) is 94.1 Å². The first-order valence-electron chi connectivity index (χ1n) is 14.7. The van der Waals surface area contributed by atoms with Crippen LogP contribution < -0.4 is 19.7 Å². The molecule has 0 aliphatic rings. The number of rotatable bonds is 20. The summed E-state index contributed by atoms with van der Waals surface area (Å²) in [4.78, 5) is 4.08. The molecule has 0 unspecified atom stereocenters. The molecule has 0 radical (unpaired) electrons. The maximum absolute atomic E-state index is 13.5. The number of nitrogens with zero attached hydrogens (tertiary/aromatic N) is 2. The summed E-state index contributed by atoms with van der Waals surface area (Å²) in [6.45, 7) is 10.7. The van der Waals surface area contributed by atoms with Crippen molar-refractivity contribution >= 4 is 15.7 Å². The molecule has 0 bridgehead atoms. The number of unbranched alkanes of at least 4 members (excludes halogenated alkanes) is 2. The molecule has 0 aliphatic carbocycles. The molecule has 0 spiro atoms. The van der Waals surface area contributed by atoms with Crippen LogP contribution in [0.1, 0.15) is 64.0 Å². The SMILES string of the molecule is CCCCN(CCCC)c1cc(CNCCN(CCC)CCO)cc(S(=O)(=O)NC)c1Oc1cccc(C(F)(F)F)c1. The van der Waals surface area contributed by atoms with Crippen LogP contribution >= 0.6 is 0 Å². The van der Waals surface area contributed by atoms with Crippen molar-refractivity contribution in [3.8, 4) is 11.5 Å². The first kappa shape index (κ1) is 35.8. The molecule has 0 heterocycles. The van der Waals surface area contributed by atoms with Gasteiger partial charge in [-0.15, -0.1) is 0 Å². The van der Waals surface area contributed by atoms with Crippen molar-refractivity contribution in [1.29, 1.82) is 0 Å². The fraction of sp³-hybridized carbons (Fsp3) is 0.600. The van der Waals surface area contributed by atoms with E-state index < -0.39 is 21.8 Å². The van der Waals surface area contributed by atoms with Gasteiger partial charge < -0.3 is 20.1 Å². The van der Waals surface area contributed by atoms with Crippen LogP contribution in [0.25, 0.3) is 0 Å². The van der Waals surface area contributed by atoms with Gasteiger partial charge in [-0.05, 0) is 68.8 Å². The zero-order valence-electron chi connectivity index (χ0n) is 25.3. The average molecular weight is 617 g/mol. The summed E-state index contributed by atoms with van der Waals surface area (Å²) >= 11 is 0. The number of hydrogen-bond donors (Lipinski definition) is 3. The van der Waals surface area contributed by atoms with Gasteiger partial charge in [0.2, 0.25) is 10.0 Å². The van der Waals surface area contributed by atoms with Crippen LogP contribution in [0.4, 0.5) is 18.9 Å². The Hall–Kier alpha value is -2.38. The molecule has 42 heavy (non-hydrogen) atoms. The molecule has 2 rings (SSSR count). The second-order valence-electron chi connectivity index (χ2n) is 10.2. The lowest BCUT2D eigenvalue weighted by molar-refractivity contribution is -0.137. The van der Waals surface area contributed by atoms with E-state index in [2.05, 4.69) is 40.6 Å². The van der Waals surface area contributed by atoms with E-state index in [1.165, 1.54) is 25.2 Å². The summed E-state index contributed by atoms with van der Waals surface area (Å²) in [7, 11) is -2.76. The van der Waals surface area contributed by atoms with E-state index in [1.54, 1.807) is 0 Å². The lowest BCUT2D eigenvalue weighted by atomic mass is 10.1. The first-order chi connectivity index (χ1) is 20.0. The van der Waals surface area contributed by atoms with E-state index in [0.29, 0.717) is 44.0 Å².